The summed E-state index contributed by atoms with van der Waals surface area (Å²) in [5.41, 5.74) is 1.76. The van der Waals surface area contributed by atoms with Crippen molar-refractivity contribution in [1.29, 1.82) is 0 Å². The van der Waals surface area contributed by atoms with Gasteiger partial charge in [0.15, 0.2) is 0 Å². The van der Waals surface area contributed by atoms with E-state index in [2.05, 4.69) is 16.8 Å². The molecule has 0 aliphatic heterocycles. The summed E-state index contributed by atoms with van der Waals surface area (Å²) in [6.07, 6.45) is 1.54. The highest BCUT2D eigenvalue weighted by Gasteiger charge is 2.02. The molecule has 2 rings (SSSR count). The third kappa shape index (κ3) is 1.53. The molecule has 0 aliphatic rings. The van der Waals surface area contributed by atoms with E-state index < -0.39 is 0 Å². The van der Waals surface area contributed by atoms with Crippen LogP contribution in [0.1, 0.15) is 18.1 Å². The van der Waals surface area contributed by atoms with Crippen molar-refractivity contribution in [2.75, 3.05) is 0 Å². The molecule has 0 bridgehead atoms. The fraction of sp³-hybridized carbons (Fsp3) is 0.154. The van der Waals surface area contributed by atoms with Gasteiger partial charge in [0.1, 0.15) is 0 Å². The molecule has 0 atom stereocenters. The van der Waals surface area contributed by atoms with E-state index in [4.69, 9.17) is 0 Å². The lowest BCUT2D eigenvalue weighted by molar-refractivity contribution is -0.272. The van der Waals surface area contributed by atoms with Crippen molar-refractivity contribution in [1.82, 2.24) is 4.98 Å². The molecule has 0 N–H and O–H groups in total. The van der Waals surface area contributed by atoms with E-state index in [-0.39, 0.29) is 5.88 Å². The van der Waals surface area contributed by atoms with Gasteiger partial charge < -0.3 is 5.11 Å². The second-order valence-electron chi connectivity index (χ2n) is 3.35. The Balaban J connectivity index is 2.92. The van der Waals surface area contributed by atoms with Gasteiger partial charge in [-0.2, -0.15) is 0 Å². The Labute approximate surface area is 88.6 Å². The maximum Gasteiger partial charge on any atom is 0.0506 e. The van der Waals surface area contributed by atoms with Gasteiger partial charge in [-0.1, -0.05) is 24.1 Å². The summed E-state index contributed by atoms with van der Waals surface area (Å²) in [5.74, 6) is 5.60. The van der Waals surface area contributed by atoms with Crippen LogP contribution < -0.4 is 5.11 Å². The average molecular weight is 196 g/mol. The molecule has 2 heteroatoms. The highest BCUT2D eigenvalue weighted by atomic mass is 16.3. The minimum absolute atomic E-state index is 0.176. The summed E-state index contributed by atoms with van der Waals surface area (Å²) in [5, 5.41) is 13.2. The number of fused-ring (bicyclic) bond motifs is 1. The lowest BCUT2D eigenvalue weighted by atomic mass is 10.0. The molecule has 74 valence electrons. The van der Waals surface area contributed by atoms with Crippen LogP contribution in [0.2, 0.25) is 0 Å². The molecule has 0 unspecified atom stereocenters. The first-order chi connectivity index (χ1) is 7.24. The molecular weight excluding hydrogens is 186 g/mol. The Morgan fingerprint density at radius 2 is 2.13 bits per heavy atom. The quantitative estimate of drug-likeness (QED) is 0.604. The molecule has 0 fully saturated rings. The Morgan fingerprint density at radius 1 is 1.33 bits per heavy atom. The van der Waals surface area contributed by atoms with Crippen LogP contribution in [0, 0.1) is 18.8 Å². The monoisotopic (exact) mass is 196 g/mol. The predicted octanol–water partition coefficient (Wildman–Crippen LogP) is 1.99. The van der Waals surface area contributed by atoms with Crippen LogP contribution in [0.3, 0.4) is 0 Å². The number of hydrogen-bond acceptors (Lipinski definition) is 2. The third-order valence-corrected chi connectivity index (χ3v) is 2.35. The van der Waals surface area contributed by atoms with Crippen LogP contribution in [0.4, 0.5) is 0 Å². The highest BCUT2D eigenvalue weighted by Crippen LogP contribution is 2.26. The summed E-state index contributed by atoms with van der Waals surface area (Å²) < 4.78 is 0. The maximum atomic E-state index is 11.6. The molecule has 1 heterocycles. The van der Waals surface area contributed by atoms with E-state index in [9.17, 15) is 5.11 Å². The molecule has 0 aliphatic carbocycles. The van der Waals surface area contributed by atoms with Crippen molar-refractivity contribution in [2.24, 2.45) is 0 Å². The van der Waals surface area contributed by atoms with E-state index in [1.54, 1.807) is 13.1 Å². The molecule has 15 heavy (non-hydrogen) atoms. The summed E-state index contributed by atoms with van der Waals surface area (Å²) >= 11 is 0. The SMILES string of the molecule is CC#Cc1cnc([O-])c2c(C)cccc12. The van der Waals surface area contributed by atoms with Gasteiger partial charge in [-0.3, -0.25) is 4.98 Å². The van der Waals surface area contributed by atoms with Gasteiger partial charge >= 0.3 is 0 Å². The van der Waals surface area contributed by atoms with Gasteiger partial charge in [0, 0.05) is 11.6 Å². The lowest BCUT2D eigenvalue weighted by Gasteiger charge is -2.12. The van der Waals surface area contributed by atoms with Gasteiger partial charge in [0.2, 0.25) is 0 Å². The van der Waals surface area contributed by atoms with Gasteiger partial charge in [0.25, 0.3) is 0 Å². The Kier molecular flexibility index (Phi) is 2.31. The largest absolute Gasteiger partial charge is 0.858 e. The van der Waals surface area contributed by atoms with Crippen LogP contribution in [0.15, 0.2) is 24.4 Å². The normalized spacial score (nSPS) is 9.73. The first-order valence-electron chi connectivity index (χ1n) is 4.72. The van der Waals surface area contributed by atoms with Gasteiger partial charge in [-0.25, -0.2) is 0 Å². The number of benzene rings is 1. The Bertz CT molecular complexity index is 568. The molecule has 1 aromatic heterocycles. The van der Waals surface area contributed by atoms with Crippen LogP contribution >= 0.6 is 0 Å². The number of aryl methyl sites for hydroxylation is 1. The van der Waals surface area contributed by atoms with Gasteiger partial charge in [-0.15, -0.1) is 5.92 Å². The molecule has 2 aromatic rings. The molecule has 0 radical (unpaired) electrons. The van der Waals surface area contributed by atoms with E-state index >= 15 is 0 Å². The summed E-state index contributed by atoms with van der Waals surface area (Å²) in [4.78, 5) is 3.83. The fourth-order valence-corrected chi connectivity index (χ4v) is 1.67. The molecule has 0 saturated heterocycles. The standard InChI is InChI=1S/C13H11NO/c1-3-5-10-8-14-13(15)12-9(2)6-4-7-11(10)12/h4,6-8H,1-2H3,(H,14,15)/p-1. The zero-order chi connectivity index (χ0) is 10.8. The van der Waals surface area contributed by atoms with Gasteiger partial charge in [-0.05, 0) is 30.7 Å². The van der Waals surface area contributed by atoms with Crippen molar-refractivity contribution in [3.8, 4) is 17.7 Å². The van der Waals surface area contributed by atoms with E-state index in [1.165, 1.54) is 0 Å². The van der Waals surface area contributed by atoms with Crippen molar-refractivity contribution < 1.29 is 5.11 Å². The van der Waals surface area contributed by atoms with Crippen LogP contribution in [0.25, 0.3) is 10.8 Å². The zero-order valence-electron chi connectivity index (χ0n) is 8.66. The molecule has 0 amide bonds. The van der Waals surface area contributed by atoms with Crippen molar-refractivity contribution in [2.45, 2.75) is 13.8 Å². The van der Waals surface area contributed by atoms with Crippen LogP contribution in [0.5, 0.6) is 5.88 Å². The smallest absolute Gasteiger partial charge is 0.0506 e. The average Bonchev–Trinajstić information content (AvgIpc) is 2.22. The van der Waals surface area contributed by atoms with E-state index in [1.807, 2.05) is 25.1 Å². The maximum absolute atomic E-state index is 11.6. The minimum Gasteiger partial charge on any atom is -0.858 e. The Hall–Kier alpha value is -2.01. The fourth-order valence-electron chi connectivity index (χ4n) is 1.67. The van der Waals surface area contributed by atoms with Crippen molar-refractivity contribution in [3.05, 3.63) is 35.5 Å². The third-order valence-electron chi connectivity index (χ3n) is 2.35. The molecular formula is C13H10NO-. The number of nitrogens with zero attached hydrogens (tertiary/aromatic N) is 1. The van der Waals surface area contributed by atoms with Crippen molar-refractivity contribution >= 4 is 10.8 Å². The zero-order valence-corrected chi connectivity index (χ0v) is 8.66. The minimum atomic E-state index is -0.176. The molecule has 2 nitrogen and oxygen atoms in total. The molecule has 0 saturated carbocycles. The number of aromatic nitrogens is 1. The highest BCUT2D eigenvalue weighted by molar-refractivity contribution is 5.93. The molecule has 1 aromatic carbocycles. The summed E-state index contributed by atoms with van der Waals surface area (Å²) in [7, 11) is 0. The molecule has 0 spiro atoms. The second kappa shape index (κ2) is 3.62. The van der Waals surface area contributed by atoms with Gasteiger partial charge in [0.05, 0.1) is 5.56 Å². The predicted molar refractivity (Wildman–Crippen MR) is 58.5 cm³/mol. The first kappa shape index (κ1) is 9.54. The number of hydrogen-bond donors (Lipinski definition) is 0. The number of rotatable bonds is 0. The lowest BCUT2D eigenvalue weighted by Crippen LogP contribution is -1.97. The van der Waals surface area contributed by atoms with E-state index in [0.29, 0.717) is 5.39 Å². The summed E-state index contributed by atoms with van der Waals surface area (Å²) in [6.45, 7) is 3.68. The summed E-state index contributed by atoms with van der Waals surface area (Å²) in [6, 6.07) is 5.75. The topological polar surface area (TPSA) is 36.0 Å². The van der Waals surface area contributed by atoms with Crippen molar-refractivity contribution in [3.63, 3.8) is 0 Å². The van der Waals surface area contributed by atoms with Crippen LogP contribution in [-0.4, -0.2) is 4.98 Å². The second-order valence-corrected chi connectivity index (χ2v) is 3.35. The number of pyridine rings is 1. The Morgan fingerprint density at radius 3 is 2.87 bits per heavy atom. The van der Waals surface area contributed by atoms with E-state index in [0.717, 1.165) is 16.5 Å². The van der Waals surface area contributed by atoms with Crippen LogP contribution in [-0.2, 0) is 0 Å². The first-order valence-corrected chi connectivity index (χ1v) is 4.72.